The highest BCUT2D eigenvalue weighted by Crippen LogP contribution is 2.17. The minimum Gasteiger partial charge on any atom is -0.468 e. The Balaban J connectivity index is 2.09. The van der Waals surface area contributed by atoms with Gasteiger partial charge in [0.15, 0.2) is 0 Å². The average molecular weight is 261 g/mol. The summed E-state index contributed by atoms with van der Waals surface area (Å²) in [6.45, 7) is 10.4. The van der Waals surface area contributed by atoms with Crippen molar-refractivity contribution in [3.63, 3.8) is 0 Å². The molecule has 1 N–H and O–H groups in total. The largest absolute Gasteiger partial charge is 0.468 e. The van der Waals surface area contributed by atoms with Gasteiger partial charge < -0.3 is 4.42 Å². The zero-order valence-corrected chi connectivity index (χ0v) is 12.2. The molecule has 104 valence electrons. The Morgan fingerprint density at radius 2 is 2.11 bits per heavy atom. The van der Waals surface area contributed by atoms with Crippen molar-refractivity contribution in [3.05, 3.63) is 41.6 Å². The van der Waals surface area contributed by atoms with Crippen LogP contribution in [0.3, 0.4) is 0 Å². The van der Waals surface area contributed by atoms with E-state index in [2.05, 4.69) is 41.9 Å². The lowest BCUT2D eigenvalue weighted by Crippen LogP contribution is -2.35. The monoisotopic (exact) mass is 261 g/mol. The molecule has 0 bridgehead atoms. The van der Waals surface area contributed by atoms with E-state index in [1.165, 1.54) is 0 Å². The fourth-order valence-corrected chi connectivity index (χ4v) is 2.13. The molecule has 0 fully saturated rings. The van der Waals surface area contributed by atoms with Crippen molar-refractivity contribution in [1.82, 2.24) is 15.1 Å². The molecular formula is C15H23N3O. The number of aromatic nitrogens is 2. The summed E-state index contributed by atoms with van der Waals surface area (Å²) in [5.74, 6) is 1.59. The molecule has 2 aromatic rings. The van der Waals surface area contributed by atoms with E-state index in [0.717, 1.165) is 30.2 Å². The van der Waals surface area contributed by atoms with Crippen LogP contribution < -0.4 is 0 Å². The molecule has 2 aromatic heterocycles. The SMILES string of the molecule is Cc1cc(CN(Cc2ccco2)C(C)C(C)C)n[nH]1. The van der Waals surface area contributed by atoms with Crippen LogP contribution in [0.15, 0.2) is 28.9 Å². The number of furan rings is 1. The number of nitrogens with one attached hydrogen (secondary N) is 1. The number of rotatable bonds is 6. The summed E-state index contributed by atoms with van der Waals surface area (Å²) in [5.41, 5.74) is 2.18. The van der Waals surface area contributed by atoms with E-state index in [1.807, 2.05) is 19.1 Å². The van der Waals surface area contributed by atoms with Gasteiger partial charge in [-0.1, -0.05) is 13.8 Å². The van der Waals surface area contributed by atoms with Crippen molar-refractivity contribution in [2.24, 2.45) is 5.92 Å². The van der Waals surface area contributed by atoms with Gasteiger partial charge in [-0.25, -0.2) is 0 Å². The number of nitrogens with zero attached hydrogens (tertiary/aromatic N) is 2. The van der Waals surface area contributed by atoms with Crippen LogP contribution in [0.4, 0.5) is 0 Å². The molecule has 0 amide bonds. The fraction of sp³-hybridized carbons (Fsp3) is 0.533. The van der Waals surface area contributed by atoms with Gasteiger partial charge in [0, 0.05) is 18.3 Å². The first-order valence-electron chi connectivity index (χ1n) is 6.83. The number of H-pyrrole nitrogens is 1. The van der Waals surface area contributed by atoms with Crippen molar-refractivity contribution >= 4 is 0 Å². The zero-order valence-electron chi connectivity index (χ0n) is 12.2. The van der Waals surface area contributed by atoms with Crippen LogP contribution in [0.25, 0.3) is 0 Å². The topological polar surface area (TPSA) is 45.1 Å². The smallest absolute Gasteiger partial charge is 0.117 e. The third-order valence-electron chi connectivity index (χ3n) is 3.60. The Hall–Kier alpha value is -1.55. The summed E-state index contributed by atoms with van der Waals surface area (Å²) >= 11 is 0. The third-order valence-corrected chi connectivity index (χ3v) is 3.60. The van der Waals surface area contributed by atoms with Crippen LogP contribution in [0.1, 0.15) is 37.9 Å². The maximum Gasteiger partial charge on any atom is 0.117 e. The van der Waals surface area contributed by atoms with E-state index in [4.69, 9.17) is 4.42 Å². The highest BCUT2D eigenvalue weighted by molar-refractivity contribution is 5.07. The summed E-state index contributed by atoms with van der Waals surface area (Å²) in [5, 5.41) is 7.33. The predicted molar refractivity (Wildman–Crippen MR) is 75.6 cm³/mol. The standard InChI is InChI=1S/C15H23N3O/c1-11(2)13(4)18(10-15-6-5-7-19-15)9-14-8-12(3)16-17-14/h5-8,11,13H,9-10H2,1-4H3,(H,16,17). The molecule has 0 radical (unpaired) electrons. The molecule has 19 heavy (non-hydrogen) atoms. The lowest BCUT2D eigenvalue weighted by molar-refractivity contribution is 0.139. The second-order valence-corrected chi connectivity index (χ2v) is 5.51. The molecule has 4 heteroatoms. The van der Waals surface area contributed by atoms with Gasteiger partial charge in [-0.2, -0.15) is 5.10 Å². The van der Waals surface area contributed by atoms with Crippen molar-refractivity contribution in [2.45, 2.75) is 46.8 Å². The van der Waals surface area contributed by atoms with Crippen LogP contribution in [-0.2, 0) is 13.1 Å². The minimum atomic E-state index is 0.474. The second kappa shape index (κ2) is 6.06. The van der Waals surface area contributed by atoms with Crippen LogP contribution in [0.2, 0.25) is 0 Å². The summed E-state index contributed by atoms with van der Waals surface area (Å²) in [7, 11) is 0. The van der Waals surface area contributed by atoms with E-state index < -0.39 is 0 Å². The van der Waals surface area contributed by atoms with Crippen molar-refractivity contribution in [2.75, 3.05) is 0 Å². The third kappa shape index (κ3) is 3.70. The van der Waals surface area contributed by atoms with Gasteiger partial charge in [0.1, 0.15) is 5.76 Å². The fourth-order valence-electron chi connectivity index (χ4n) is 2.13. The normalized spacial score (nSPS) is 13.4. The Morgan fingerprint density at radius 1 is 1.32 bits per heavy atom. The highest BCUT2D eigenvalue weighted by atomic mass is 16.3. The van der Waals surface area contributed by atoms with Crippen LogP contribution in [-0.4, -0.2) is 21.1 Å². The molecular weight excluding hydrogens is 238 g/mol. The van der Waals surface area contributed by atoms with Gasteiger partial charge in [-0.15, -0.1) is 0 Å². The first kappa shape index (κ1) is 13.9. The van der Waals surface area contributed by atoms with Crippen molar-refractivity contribution in [3.8, 4) is 0 Å². The average Bonchev–Trinajstić information content (AvgIpc) is 2.99. The first-order valence-corrected chi connectivity index (χ1v) is 6.83. The molecule has 1 unspecified atom stereocenters. The van der Waals surface area contributed by atoms with Crippen molar-refractivity contribution < 1.29 is 4.42 Å². The molecule has 0 aromatic carbocycles. The zero-order chi connectivity index (χ0) is 13.8. The van der Waals surface area contributed by atoms with Crippen molar-refractivity contribution in [1.29, 1.82) is 0 Å². The molecule has 0 aliphatic carbocycles. The molecule has 2 rings (SSSR count). The van der Waals surface area contributed by atoms with E-state index in [0.29, 0.717) is 12.0 Å². The molecule has 0 aliphatic heterocycles. The van der Waals surface area contributed by atoms with Gasteiger partial charge in [-0.05, 0) is 38.0 Å². The number of aryl methyl sites for hydroxylation is 1. The molecule has 0 saturated heterocycles. The maximum absolute atomic E-state index is 5.47. The first-order chi connectivity index (χ1) is 9.06. The quantitative estimate of drug-likeness (QED) is 0.867. The minimum absolute atomic E-state index is 0.474. The number of aromatic amines is 1. The summed E-state index contributed by atoms with van der Waals surface area (Å²) in [4.78, 5) is 2.40. The van der Waals surface area contributed by atoms with E-state index in [9.17, 15) is 0 Å². The van der Waals surface area contributed by atoms with E-state index in [1.54, 1.807) is 6.26 Å². The van der Waals surface area contributed by atoms with Gasteiger partial charge in [0.05, 0.1) is 18.5 Å². The molecule has 1 atom stereocenters. The summed E-state index contributed by atoms with van der Waals surface area (Å²) < 4.78 is 5.47. The van der Waals surface area contributed by atoms with Gasteiger partial charge in [-0.3, -0.25) is 10.00 Å². The summed E-state index contributed by atoms with van der Waals surface area (Å²) in [6.07, 6.45) is 1.73. The Labute approximate surface area is 114 Å². The molecule has 2 heterocycles. The molecule has 0 saturated carbocycles. The second-order valence-electron chi connectivity index (χ2n) is 5.51. The lowest BCUT2D eigenvalue weighted by Gasteiger charge is -2.30. The Kier molecular flexibility index (Phi) is 4.43. The van der Waals surface area contributed by atoms with E-state index in [-0.39, 0.29) is 0 Å². The predicted octanol–water partition coefficient (Wildman–Crippen LogP) is 3.36. The van der Waals surface area contributed by atoms with E-state index >= 15 is 0 Å². The molecule has 4 nitrogen and oxygen atoms in total. The number of hydrogen-bond donors (Lipinski definition) is 1. The highest BCUT2D eigenvalue weighted by Gasteiger charge is 2.19. The Morgan fingerprint density at radius 3 is 2.63 bits per heavy atom. The van der Waals surface area contributed by atoms with Crippen LogP contribution >= 0.6 is 0 Å². The van der Waals surface area contributed by atoms with Crippen LogP contribution in [0.5, 0.6) is 0 Å². The van der Waals surface area contributed by atoms with Gasteiger partial charge in [0.25, 0.3) is 0 Å². The van der Waals surface area contributed by atoms with Gasteiger partial charge in [0.2, 0.25) is 0 Å². The molecule has 0 aliphatic rings. The maximum atomic E-state index is 5.47. The Bertz CT molecular complexity index is 487. The summed E-state index contributed by atoms with van der Waals surface area (Å²) in [6, 6.07) is 6.53. The van der Waals surface area contributed by atoms with Crippen LogP contribution in [0, 0.1) is 12.8 Å². The number of hydrogen-bond acceptors (Lipinski definition) is 3. The van der Waals surface area contributed by atoms with Gasteiger partial charge >= 0.3 is 0 Å². The lowest BCUT2D eigenvalue weighted by atomic mass is 10.0. The molecule has 0 spiro atoms.